The molecule has 3 nitrogen and oxygen atoms in total. The van der Waals surface area contributed by atoms with Crippen LogP contribution in [0.1, 0.15) is 34.5 Å². The third-order valence-corrected chi connectivity index (χ3v) is 4.09. The van der Waals surface area contributed by atoms with E-state index in [1.54, 1.807) is 18.4 Å². The van der Waals surface area contributed by atoms with E-state index in [1.165, 1.54) is 10.4 Å². The molecule has 0 radical (unpaired) electrons. The second kappa shape index (κ2) is 6.80. The monoisotopic (exact) mass is 276 g/mol. The van der Waals surface area contributed by atoms with Gasteiger partial charge in [-0.25, -0.2) is 4.98 Å². The Labute approximate surface area is 118 Å². The minimum Gasteiger partial charge on any atom is -0.383 e. The van der Waals surface area contributed by atoms with E-state index in [4.69, 9.17) is 4.74 Å². The van der Waals surface area contributed by atoms with Crippen molar-refractivity contribution in [3.05, 3.63) is 52.0 Å². The maximum atomic E-state index is 5.32. The van der Waals surface area contributed by atoms with Crippen molar-refractivity contribution >= 4 is 11.3 Å². The van der Waals surface area contributed by atoms with Crippen molar-refractivity contribution in [2.45, 2.75) is 25.9 Å². The zero-order valence-corrected chi connectivity index (χ0v) is 12.4. The molecular weight excluding hydrogens is 256 g/mol. The Bertz CT molecular complexity index is 498. The van der Waals surface area contributed by atoms with Crippen molar-refractivity contribution in [1.82, 2.24) is 10.3 Å². The number of hydrogen-bond acceptors (Lipinski definition) is 4. The van der Waals surface area contributed by atoms with Crippen LogP contribution in [0.4, 0.5) is 0 Å². The van der Waals surface area contributed by atoms with Crippen molar-refractivity contribution in [3.8, 4) is 0 Å². The summed E-state index contributed by atoms with van der Waals surface area (Å²) in [7, 11) is 1.73. The Morgan fingerprint density at radius 2 is 2.05 bits per heavy atom. The first-order chi connectivity index (χ1) is 9.20. The molecule has 102 valence electrons. The second-order valence-electron chi connectivity index (χ2n) is 4.62. The number of aryl methyl sites for hydroxylation is 1. The van der Waals surface area contributed by atoms with Gasteiger partial charge in [0.15, 0.2) is 0 Å². The highest BCUT2D eigenvalue weighted by atomic mass is 32.1. The van der Waals surface area contributed by atoms with Gasteiger partial charge < -0.3 is 4.74 Å². The largest absolute Gasteiger partial charge is 0.383 e. The number of hydrogen-bond donors (Lipinski definition) is 1. The van der Waals surface area contributed by atoms with E-state index >= 15 is 0 Å². The Kier molecular flexibility index (Phi) is 5.07. The van der Waals surface area contributed by atoms with Gasteiger partial charge in [0.2, 0.25) is 0 Å². The molecule has 2 aromatic rings. The lowest BCUT2D eigenvalue weighted by Gasteiger charge is -2.22. The third kappa shape index (κ3) is 3.86. The SMILES string of the molecule is COCC(NC(C)c1ncc(C)s1)c1ccccc1. The quantitative estimate of drug-likeness (QED) is 0.877. The van der Waals surface area contributed by atoms with Crippen LogP contribution >= 0.6 is 11.3 Å². The Hall–Kier alpha value is -1.23. The molecule has 19 heavy (non-hydrogen) atoms. The van der Waals surface area contributed by atoms with Gasteiger partial charge in [-0.05, 0) is 19.4 Å². The summed E-state index contributed by atoms with van der Waals surface area (Å²) < 4.78 is 5.32. The van der Waals surface area contributed by atoms with E-state index in [9.17, 15) is 0 Å². The molecule has 2 atom stereocenters. The van der Waals surface area contributed by atoms with Gasteiger partial charge in [-0.2, -0.15) is 0 Å². The molecule has 2 rings (SSSR count). The molecule has 1 aromatic heterocycles. The van der Waals surface area contributed by atoms with Gasteiger partial charge in [0.25, 0.3) is 0 Å². The molecule has 0 saturated carbocycles. The van der Waals surface area contributed by atoms with E-state index < -0.39 is 0 Å². The standard InChI is InChI=1S/C15H20N2OS/c1-11-9-16-15(19-11)12(2)17-14(10-18-3)13-7-5-4-6-8-13/h4-9,12,14,17H,10H2,1-3H3. The van der Waals surface area contributed by atoms with Crippen LogP contribution in [0.15, 0.2) is 36.5 Å². The Balaban J connectivity index is 2.08. The zero-order valence-electron chi connectivity index (χ0n) is 11.6. The van der Waals surface area contributed by atoms with Crippen molar-refractivity contribution < 1.29 is 4.74 Å². The molecule has 0 spiro atoms. The van der Waals surface area contributed by atoms with E-state index in [0.717, 1.165) is 5.01 Å². The molecule has 0 aliphatic heterocycles. The smallest absolute Gasteiger partial charge is 0.109 e. The van der Waals surface area contributed by atoms with Crippen LogP contribution in [0.3, 0.4) is 0 Å². The zero-order chi connectivity index (χ0) is 13.7. The Morgan fingerprint density at radius 1 is 1.32 bits per heavy atom. The van der Waals surface area contributed by atoms with Gasteiger partial charge in [-0.1, -0.05) is 30.3 Å². The lowest BCUT2D eigenvalue weighted by molar-refractivity contribution is 0.162. The summed E-state index contributed by atoms with van der Waals surface area (Å²) in [6, 6.07) is 10.8. The van der Waals surface area contributed by atoms with Crippen molar-refractivity contribution in [2.75, 3.05) is 13.7 Å². The molecule has 1 heterocycles. The molecular formula is C15H20N2OS. The van der Waals surface area contributed by atoms with E-state index in [1.807, 2.05) is 12.3 Å². The number of methoxy groups -OCH3 is 1. The number of rotatable bonds is 6. The highest BCUT2D eigenvalue weighted by Gasteiger charge is 2.16. The van der Waals surface area contributed by atoms with E-state index in [2.05, 4.69) is 48.4 Å². The van der Waals surface area contributed by atoms with Crippen LogP contribution in [0.2, 0.25) is 0 Å². The summed E-state index contributed by atoms with van der Waals surface area (Å²) in [5.41, 5.74) is 1.24. The average Bonchev–Trinajstić information content (AvgIpc) is 2.86. The first-order valence-electron chi connectivity index (χ1n) is 6.43. The molecule has 0 fully saturated rings. The van der Waals surface area contributed by atoms with Gasteiger partial charge >= 0.3 is 0 Å². The van der Waals surface area contributed by atoms with Crippen LogP contribution < -0.4 is 5.32 Å². The van der Waals surface area contributed by atoms with Gasteiger partial charge in [0.1, 0.15) is 5.01 Å². The summed E-state index contributed by atoms with van der Waals surface area (Å²) in [5, 5.41) is 4.71. The lowest BCUT2D eigenvalue weighted by Crippen LogP contribution is -2.27. The molecule has 0 aliphatic carbocycles. The first-order valence-corrected chi connectivity index (χ1v) is 7.24. The fraction of sp³-hybridized carbons (Fsp3) is 0.400. The van der Waals surface area contributed by atoms with Crippen LogP contribution in [-0.2, 0) is 4.74 Å². The maximum absolute atomic E-state index is 5.32. The van der Waals surface area contributed by atoms with Crippen LogP contribution in [0.5, 0.6) is 0 Å². The molecule has 0 saturated heterocycles. The van der Waals surface area contributed by atoms with Crippen molar-refractivity contribution in [2.24, 2.45) is 0 Å². The number of thiazole rings is 1. The van der Waals surface area contributed by atoms with Gasteiger partial charge in [0.05, 0.1) is 18.7 Å². The molecule has 1 N–H and O–H groups in total. The fourth-order valence-corrected chi connectivity index (χ4v) is 2.82. The third-order valence-electron chi connectivity index (χ3n) is 3.00. The number of aromatic nitrogens is 1. The van der Waals surface area contributed by atoms with Crippen molar-refractivity contribution in [3.63, 3.8) is 0 Å². The van der Waals surface area contributed by atoms with Gasteiger partial charge in [-0.15, -0.1) is 11.3 Å². The highest BCUT2D eigenvalue weighted by Crippen LogP contribution is 2.23. The predicted octanol–water partition coefficient (Wildman–Crippen LogP) is 3.49. The minimum absolute atomic E-state index is 0.186. The first kappa shape index (κ1) is 14.2. The molecule has 0 bridgehead atoms. The minimum atomic E-state index is 0.186. The summed E-state index contributed by atoms with van der Waals surface area (Å²) in [6.07, 6.45) is 1.92. The number of nitrogens with zero attached hydrogens (tertiary/aromatic N) is 1. The van der Waals surface area contributed by atoms with E-state index in [0.29, 0.717) is 6.61 Å². The average molecular weight is 276 g/mol. The summed E-state index contributed by atoms with van der Waals surface area (Å²) in [5.74, 6) is 0. The van der Waals surface area contributed by atoms with Crippen molar-refractivity contribution in [1.29, 1.82) is 0 Å². The molecule has 0 amide bonds. The van der Waals surface area contributed by atoms with Gasteiger partial charge in [-0.3, -0.25) is 5.32 Å². The summed E-state index contributed by atoms with van der Waals surface area (Å²) >= 11 is 1.74. The van der Waals surface area contributed by atoms with Crippen LogP contribution in [-0.4, -0.2) is 18.7 Å². The predicted molar refractivity (Wildman–Crippen MR) is 79.5 cm³/mol. The Morgan fingerprint density at radius 3 is 2.63 bits per heavy atom. The molecule has 0 aliphatic rings. The topological polar surface area (TPSA) is 34.1 Å². The molecule has 4 heteroatoms. The highest BCUT2D eigenvalue weighted by molar-refractivity contribution is 7.11. The number of nitrogens with one attached hydrogen (secondary N) is 1. The van der Waals surface area contributed by atoms with E-state index in [-0.39, 0.29) is 12.1 Å². The molecule has 1 aromatic carbocycles. The lowest BCUT2D eigenvalue weighted by atomic mass is 10.1. The summed E-state index contributed by atoms with van der Waals surface area (Å²) in [4.78, 5) is 5.68. The fourth-order valence-electron chi connectivity index (χ4n) is 2.04. The van der Waals surface area contributed by atoms with Crippen LogP contribution in [0.25, 0.3) is 0 Å². The normalized spacial score (nSPS) is 14.3. The van der Waals surface area contributed by atoms with Gasteiger partial charge in [0, 0.05) is 18.2 Å². The van der Waals surface area contributed by atoms with Crippen LogP contribution in [0, 0.1) is 6.92 Å². The number of benzene rings is 1. The summed E-state index contributed by atoms with van der Waals surface area (Å²) in [6.45, 7) is 4.88. The maximum Gasteiger partial charge on any atom is 0.109 e. The molecule has 2 unspecified atom stereocenters. The second-order valence-corrected chi connectivity index (χ2v) is 5.88. The number of ether oxygens (including phenoxy) is 1.